The van der Waals surface area contributed by atoms with E-state index in [1.807, 2.05) is 12.1 Å². The first-order chi connectivity index (χ1) is 13.6. The summed E-state index contributed by atoms with van der Waals surface area (Å²) in [5, 5.41) is 4.10. The standard InChI is InChI=1S/C24H45NO3Si2/c1-23(2,3)29(8,9)27-21-17-25-20(16-18-12-14-19(26-7)15-13-18)22(21)28-30(10,11)24(4,5)6/h12-15,20-22,25H,16-17H2,1-11H3/t20-,21-,22+/m1/s1. The molecule has 0 aliphatic carbocycles. The summed E-state index contributed by atoms with van der Waals surface area (Å²) < 4.78 is 19.2. The van der Waals surface area contributed by atoms with Crippen LogP contribution in [0.1, 0.15) is 47.1 Å². The Bertz CT molecular complexity index is 690. The first kappa shape index (κ1) is 25.6. The molecule has 30 heavy (non-hydrogen) atoms. The van der Waals surface area contributed by atoms with Crippen molar-refractivity contribution in [1.29, 1.82) is 0 Å². The van der Waals surface area contributed by atoms with Gasteiger partial charge < -0.3 is 18.9 Å². The number of benzene rings is 1. The molecule has 3 atom stereocenters. The number of rotatable bonds is 7. The Morgan fingerprint density at radius 1 is 0.867 bits per heavy atom. The summed E-state index contributed by atoms with van der Waals surface area (Å²) in [4.78, 5) is 0. The minimum absolute atomic E-state index is 0.0714. The number of hydrogen-bond donors (Lipinski definition) is 1. The highest BCUT2D eigenvalue weighted by molar-refractivity contribution is 6.74. The zero-order chi connectivity index (χ0) is 23.0. The fourth-order valence-electron chi connectivity index (χ4n) is 3.30. The van der Waals surface area contributed by atoms with Gasteiger partial charge in [0.05, 0.1) is 19.3 Å². The van der Waals surface area contributed by atoms with Crippen molar-refractivity contribution in [1.82, 2.24) is 5.32 Å². The van der Waals surface area contributed by atoms with E-state index in [1.165, 1.54) is 5.56 Å². The minimum Gasteiger partial charge on any atom is -0.497 e. The van der Waals surface area contributed by atoms with Gasteiger partial charge in [0.25, 0.3) is 0 Å². The molecule has 1 aromatic carbocycles. The van der Waals surface area contributed by atoms with Crippen molar-refractivity contribution in [3.63, 3.8) is 0 Å². The molecule has 0 spiro atoms. The monoisotopic (exact) mass is 451 g/mol. The summed E-state index contributed by atoms with van der Waals surface area (Å²) in [5.41, 5.74) is 1.30. The summed E-state index contributed by atoms with van der Waals surface area (Å²) >= 11 is 0. The molecule has 0 saturated carbocycles. The van der Waals surface area contributed by atoms with Crippen LogP contribution in [-0.2, 0) is 15.3 Å². The summed E-state index contributed by atoms with van der Waals surface area (Å²) in [6.07, 6.45) is 1.10. The topological polar surface area (TPSA) is 39.7 Å². The second-order valence-corrected chi connectivity index (χ2v) is 21.3. The van der Waals surface area contributed by atoms with E-state index in [4.69, 9.17) is 13.6 Å². The average molecular weight is 452 g/mol. The first-order valence-electron chi connectivity index (χ1n) is 11.3. The third kappa shape index (κ3) is 5.97. The van der Waals surface area contributed by atoms with Gasteiger partial charge >= 0.3 is 0 Å². The maximum atomic E-state index is 7.01. The van der Waals surface area contributed by atoms with Gasteiger partial charge in [0.15, 0.2) is 16.6 Å². The van der Waals surface area contributed by atoms with Crippen LogP contribution < -0.4 is 10.1 Å². The molecule has 6 heteroatoms. The fraction of sp³-hybridized carbons (Fsp3) is 0.750. The summed E-state index contributed by atoms with van der Waals surface area (Å²) in [7, 11) is -2.11. The molecule has 2 rings (SSSR count). The highest BCUT2D eigenvalue weighted by atomic mass is 28.4. The van der Waals surface area contributed by atoms with Gasteiger partial charge in [-0.1, -0.05) is 53.7 Å². The van der Waals surface area contributed by atoms with Crippen molar-refractivity contribution in [3.8, 4) is 5.75 Å². The SMILES string of the molecule is COc1ccc(C[C@H]2NC[C@@H](O[Si](C)(C)C(C)(C)C)[C@H]2O[Si](C)(C)C(C)(C)C)cc1. The molecule has 0 unspecified atom stereocenters. The van der Waals surface area contributed by atoms with Gasteiger partial charge in [-0.05, 0) is 60.4 Å². The Kier molecular flexibility index (Phi) is 7.73. The molecule has 1 aliphatic heterocycles. The zero-order valence-corrected chi connectivity index (χ0v) is 23.2. The van der Waals surface area contributed by atoms with Crippen molar-refractivity contribution < 1.29 is 13.6 Å². The zero-order valence-electron chi connectivity index (χ0n) is 21.2. The predicted octanol–water partition coefficient (Wildman–Crippen LogP) is 5.99. The normalized spacial score (nSPS) is 23.6. The van der Waals surface area contributed by atoms with E-state index < -0.39 is 16.6 Å². The van der Waals surface area contributed by atoms with E-state index in [0.29, 0.717) is 0 Å². The van der Waals surface area contributed by atoms with E-state index in [0.717, 1.165) is 18.7 Å². The number of nitrogens with one attached hydrogen (secondary N) is 1. The number of hydrogen-bond acceptors (Lipinski definition) is 4. The van der Waals surface area contributed by atoms with Gasteiger partial charge in [-0.3, -0.25) is 0 Å². The molecule has 0 bridgehead atoms. The lowest BCUT2D eigenvalue weighted by molar-refractivity contribution is 0.0553. The Hall–Kier alpha value is -0.666. The van der Waals surface area contributed by atoms with Gasteiger partial charge in [0.1, 0.15) is 5.75 Å². The smallest absolute Gasteiger partial charge is 0.192 e. The molecular weight excluding hydrogens is 406 g/mol. The molecule has 0 radical (unpaired) electrons. The highest BCUT2D eigenvalue weighted by Crippen LogP contribution is 2.41. The number of ether oxygens (including phenoxy) is 1. The van der Waals surface area contributed by atoms with E-state index in [2.05, 4.69) is 85.2 Å². The minimum atomic E-state index is -1.93. The molecule has 1 aromatic rings. The van der Waals surface area contributed by atoms with Crippen LogP contribution in [-0.4, -0.2) is 48.5 Å². The van der Waals surface area contributed by atoms with Crippen molar-refractivity contribution in [2.75, 3.05) is 13.7 Å². The third-order valence-electron chi connectivity index (χ3n) is 7.45. The highest BCUT2D eigenvalue weighted by Gasteiger charge is 2.48. The van der Waals surface area contributed by atoms with Crippen LogP contribution in [0.5, 0.6) is 5.75 Å². The predicted molar refractivity (Wildman–Crippen MR) is 133 cm³/mol. The maximum absolute atomic E-state index is 7.01. The van der Waals surface area contributed by atoms with Crippen molar-refractivity contribution >= 4 is 16.6 Å². The van der Waals surface area contributed by atoms with Crippen LogP contribution in [0.4, 0.5) is 0 Å². The molecule has 1 heterocycles. The third-order valence-corrected chi connectivity index (χ3v) is 16.4. The summed E-state index contributed by atoms with van der Waals surface area (Å²) in [6, 6.07) is 8.65. The largest absolute Gasteiger partial charge is 0.497 e. The molecule has 4 nitrogen and oxygen atoms in total. The summed E-state index contributed by atoms with van der Waals surface area (Å²) in [6.45, 7) is 24.1. The van der Waals surface area contributed by atoms with E-state index in [9.17, 15) is 0 Å². The van der Waals surface area contributed by atoms with E-state index in [-0.39, 0.29) is 28.3 Å². The first-order valence-corrected chi connectivity index (χ1v) is 17.1. The fourth-order valence-corrected chi connectivity index (χ4v) is 5.98. The molecule has 0 amide bonds. The number of methoxy groups -OCH3 is 1. The molecule has 1 saturated heterocycles. The Morgan fingerprint density at radius 3 is 1.83 bits per heavy atom. The summed E-state index contributed by atoms with van der Waals surface area (Å²) in [5.74, 6) is 0.895. The van der Waals surface area contributed by atoms with Gasteiger partial charge in [0, 0.05) is 12.6 Å². The molecule has 172 valence electrons. The van der Waals surface area contributed by atoms with E-state index in [1.54, 1.807) is 7.11 Å². The van der Waals surface area contributed by atoms with Crippen LogP contribution in [0.3, 0.4) is 0 Å². The second kappa shape index (κ2) is 9.06. The van der Waals surface area contributed by atoms with Gasteiger partial charge in [0.2, 0.25) is 0 Å². The van der Waals surface area contributed by atoms with Crippen molar-refractivity contribution in [3.05, 3.63) is 29.8 Å². The van der Waals surface area contributed by atoms with Gasteiger partial charge in [-0.25, -0.2) is 0 Å². The molecule has 0 aromatic heterocycles. The molecular formula is C24H45NO3Si2. The second-order valence-electron chi connectivity index (χ2n) is 11.8. The van der Waals surface area contributed by atoms with Crippen molar-refractivity contribution in [2.45, 2.75) is 102 Å². The van der Waals surface area contributed by atoms with Crippen molar-refractivity contribution in [2.24, 2.45) is 0 Å². The Balaban J connectivity index is 2.27. The van der Waals surface area contributed by atoms with Crippen LogP contribution in [0, 0.1) is 0 Å². The Labute approximate surface area is 187 Å². The quantitative estimate of drug-likeness (QED) is 0.517. The lowest BCUT2D eigenvalue weighted by Gasteiger charge is -2.44. The van der Waals surface area contributed by atoms with Gasteiger partial charge in [-0.2, -0.15) is 0 Å². The maximum Gasteiger partial charge on any atom is 0.192 e. The van der Waals surface area contributed by atoms with E-state index >= 15 is 0 Å². The van der Waals surface area contributed by atoms with Crippen LogP contribution in [0.15, 0.2) is 24.3 Å². The van der Waals surface area contributed by atoms with Crippen LogP contribution in [0.25, 0.3) is 0 Å². The average Bonchev–Trinajstić information content (AvgIpc) is 2.94. The molecule has 1 fully saturated rings. The molecule has 1 aliphatic rings. The lowest BCUT2D eigenvalue weighted by Crippen LogP contribution is -2.53. The molecule has 1 N–H and O–H groups in total. The van der Waals surface area contributed by atoms with Gasteiger partial charge in [-0.15, -0.1) is 0 Å². The Morgan fingerprint density at radius 2 is 1.37 bits per heavy atom. The lowest BCUT2D eigenvalue weighted by atomic mass is 10.0. The van der Waals surface area contributed by atoms with Crippen LogP contribution >= 0.6 is 0 Å². The van der Waals surface area contributed by atoms with Crippen LogP contribution in [0.2, 0.25) is 36.3 Å².